The highest BCUT2D eigenvalue weighted by Gasteiger charge is 2.40. The second kappa shape index (κ2) is 13.2. The first-order valence-electron chi connectivity index (χ1n) is 21.8. The van der Waals surface area contributed by atoms with Crippen molar-refractivity contribution in [3.63, 3.8) is 0 Å². The van der Waals surface area contributed by atoms with Gasteiger partial charge in [0.2, 0.25) is 0 Å². The molecule has 7 aromatic carbocycles. The van der Waals surface area contributed by atoms with Gasteiger partial charge in [-0.05, 0) is 131 Å². The van der Waals surface area contributed by atoms with Crippen molar-refractivity contribution in [1.82, 2.24) is 9.13 Å². The van der Waals surface area contributed by atoms with Crippen LogP contribution in [0.3, 0.4) is 0 Å². The van der Waals surface area contributed by atoms with Gasteiger partial charge in [-0.1, -0.05) is 103 Å². The number of benzene rings is 7. The number of unbranched alkanes of at least 4 members (excludes halogenated alkanes) is 1. The van der Waals surface area contributed by atoms with Gasteiger partial charge in [0.05, 0.1) is 22.1 Å². The number of aromatic nitrogens is 2. The Bertz CT molecular complexity index is 3240. The maximum atomic E-state index is 6.85. The number of ether oxygens (including phenoxy) is 2. The minimum absolute atomic E-state index is 0.0319. The number of fused-ring (bicyclic) bond motifs is 10. The van der Waals surface area contributed by atoms with Crippen molar-refractivity contribution in [2.24, 2.45) is 0 Å². The molecule has 4 heterocycles. The Kier molecular flexibility index (Phi) is 8.08. The smallest absolute Gasteiger partial charge is 0.260 e. The summed E-state index contributed by atoms with van der Waals surface area (Å²) in [5, 5.41) is 5.15. The van der Waals surface area contributed by atoms with Crippen LogP contribution in [0.4, 0.5) is 0 Å². The van der Waals surface area contributed by atoms with Crippen LogP contribution in [-0.2, 0) is 17.3 Å². The third kappa shape index (κ3) is 5.65. The van der Waals surface area contributed by atoms with Gasteiger partial charge in [0, 0.05) is 50.5 Å². The van der Waals surface area contributed by atoms with E-state index in [0.29, 0.717) is 0 Å². The summed E-state index contributed by atoms with van der Waals surface area (Å²) < 4.78 is 18.5. The summed E-state index contributed by atoms with van der Waals surface area (Å²) in [6, 6.07) is 47.7. The molecule has 0 bridgehead atoms. The Morgan fingerprint density at radius 3 is 1.50 bits per heavy atom. The predicted molar refractivity (Wildman–Crippen MR) is 254 cm³/mol. The van der Waals surface area contributed by atoms with E-state index in [-0.39, 0.29) is 17.5 Å². The minimum Gasteiger partial charge on any atom is -0.458 e. The van der Waals surface area contributed by atoms with Crippen LogP contribution < -0.4 is 25.9 Å². The molecule has 2 aliphatic rings. The van der Waals surface area contributed by atoms with Crippen LogP contribution in [0.2, 0.25) is 0 Å². The lowest BCUT2D eigenvalue weighted by Crippen LogP contribution is -2.57. The molecule has 60 heavy (non-hydrogen) atoms. The first-order valence-corrected chi connectivity index (χ1v) is 21.8. The Labute approximate surface area is 353 Å². The van der Waals surface area contributed by atoms with Gasteiger partial charge in [0.15, 0.2) is 0 Å². The van der Waals surface area contributed by atoms with E-state index in [2.05, 4.69) is 186 Å². The Morgan fingerprint density at radius 1 is 0.500 bits per heavy atom. The molecule has 0 saturated carbocycles. The SMILES string of the molecule is CCCCc1ccc2c(c1)c1cc(C(C)(C)C)ccc1n2-c1ccc2c(c1)Oc1cccc3c1B2c1ccc(-n2c4ccc(C)cc4c4cc(C(C)(C)C)ccc42)cc1O3. The van der Waals surface area contributed by atoms with Crippen molar-refractivity contribution < 1.29 is 9.47 Å². The maximum absolute atomic E-state index is 6.85. The number of hydrogen-bond donors (Lipinski definition) is 0. The fourth-order valence-electron chi connectivity index (χ4n) is 9.91. The van der Waals surface area contributed by atoms with Crippen LogP contribution in [0.15, 0.2) is 127 Å². The van der Waals surface area contributed by atoms with Gasteiger partial charge >= 0.3 is 0 Å². The Hall–Kier alpha value is -6.20. The lowest BCUT2D eigenvalue weighted by atomic mass is 9.35. The second-order valence-corrected chi connectivity index (χ2v) is 19.4. The summed E-state index contributed by atoms with van der Waals surface area (Å²) in [6.07, 6.45) is 3.47. The molecule has 0 saturated heterocycles. The van der Waals surface area contributed by atoms with E-state index >= 15 is 0 Å². The number of aryl methyl sites for hydroxylation is 2. The topological polar surface area (TPSA) is 28.3 Å². The molecule has 0 fully saturated rings. The Morgan fingerprint density at radius 2 is 0.983 bits per heavy atom. The van der Waals surface area contributed by atoms with Gasteiger partial charge < -0.3 is 18.6 Å². The molecular weight excluding hydrogens is 731 g/mol. The quantitative estimate of drug-likeness (QED) is 0.163. The zero-order valence-electron chi connectivity index (χ0n) is 36.0. The summed E-state index contributed by atoms with van der Waals surface area (Å²) in [5.74, 6) is 3.46. The van der Waals surface area contributed by atoms with Crippen LogP contribution in [-0.4, -0.2) is 15.8 Å². The molecule has 5 heteroatoms. The molecule has 0 radical (unpaired) electrons. The van der Waals surface area contributed by atoms with Crippen molar-refractivity contribution in [3.05, 3.63) is 150 Å². The average molecular weight is 783 g/mol. The first kappa shape index (κ1) is 36.9. The zero-order chi connectivity index (χ0) is 41.2. The van der Waals surface area contributed by atoms with Gasteiger partial charge in [-0.3, -0.25) is 0 Å². The van der Waals surface area contributed by atoms with Crippen molar-refractivity contribution >= 4 is 66.7 Å². The van der Waals surface area contributed by atoms with E-state index in [1.807, 2.05) is 6.07 Å². The molecule has 11 rings (SSSR count). The lowest BCUT2D eigenvalue weighted by molar-refractivity contribution is 0.464. The van der Waals surface area contributed by atoms with Crippen LogP contribution >= 0.6 is 0 Å². The normalized spacial score (nSPS) is 13.4. The highest BCUT2D eigenvalue weighted by atomic mass is 16.5. The monoisotopic (exact) mass is 782 g/mol. The molecule has 9 aromatic rings. The van der Waals surface area contributed by atoms with Gasteiger partial charge in [-0.15, -0.1) is 0 Å². The molecular formula is C55H51BN2O2. The average Bonchev–Trinajstić information content (AvgIpc) is 3.73. The van der Waals surface area contributed by atoms with E-state index in [4.69, 9.17) is 9.47 Å². The fourth-order valence-corrected chi connectivity index (χ4v) is 9.91. The van der Waals surface area contributed by atoms with Gasteiger partial charge in [-0.25, -0.2) is 0 Å². The first-order chi connectivity index (χ1) is 28.9. The maximum Gasteiger partial charge on any atom is 0.260 e. The number of nitrogens with zero attached hydrogens (tertiary/aromatic N) is 2. The standard InChI is InChI=1S/C55H51BN2O2/c1-9-10-12-34-16-24-46-40(28-34)42-30-36(55(6,7)8)18-26-48(42)58(46)38-20-22-44-52(32-38)60-50-14-11-13-49-53(50)56(44)43-21-19-37(31-51(43)59-49)57-45-23-15-33(2)27-39(45)41-29-35(54(3,4)5)17-25-47(41)57/h11,13-32H,9-10,12H2,1-8H3. The molecule has 0 atom stereocenters. The molecule has 0 unspecified atom stereocenters. The summed E-state index contributed by atoms with van der Waals surface area (Å²) in [4.78, 5) is 0. The molecule has 0 spiro atoms. The predicted octanol–water partition coefficient (Wildman–Crippen LogP) is 12.9. The number of rotatable bonds is 5. The van der Waals surface area contributed by atoms with E-state index < -0.39 is 0 Å². The van der Waals surface area contributed by atoms with Crippen molar-refractivity contribution in [3.8, 4) is 34.4 Å². The van der Waals surface area contributed by atoms with Crippen LogP contribution in [0.1, 0.15) is 83.6 Å². The van der Waals surface area contributed by atoms with Gasteiger partial charge in [-0.2, -0.15) is 0 Å². The van der Waals surface area contributed by atoms with E-state index in [9.17, 15) is 0 Å². The third-order valence-electron chi connectivity index (χ3n) is 13.2. The van der Waals surface area contributed by atoms with E-state index in [1.54, 1.807) is 0 Å². The third-order valence-corrected chi connectivity index (χ3v) is 13.2. The Balaban J connectivity index is 1.06. The minimum atomic E-state index is -0.0319. The molecule has 2 aromatic heterocycles. The van der Waals surface area contributed by atoms with Crippen LogP contribution in [0.5, 0.6) is 23.0 Å². The van der Waals surface area contributed by atoms with Gasteiger partial charge in [0.25, 0.3) is 6.71 Å². The van der Waals surface area contributed by atoms with E-state index in [1.165, 1.54) is 78.7 Å². The second-order valence-electron chi connectivity index (χ2n) is 19.4. The number of hydrogen-bond acceptors (Lipinski definition) is 2. The fraction of sp³-hybridized carbons (Fsp3) is 0.236. The molecule has 296 valence electrons. The molecule has 0 N–H and O–H groups in total. The summed E-state index contributed by atoms with van der Waals surface area (Å²) in [5.41, 5.74) is 15.8. The van der Waals surface area contributed by atoms with Crippen molar-refractivity contribution in [2.75, 3.05) is 0 Å². The van der Waals surface area contributed by atoms with Gasteiger partial charge in [0.1, 0.15) is 23.0 Å². The molecule has 2 aliphatic heterocycles. The summed E-state index contributed by atoms with van der Waals surface area (Å²) >= 11 is 0. The lowest BCUT2D eigenvalue weighted by Gasteiger charge is -2.33. The largest absolute Gasteiger partial charge is 0.458 e. The van der Waals surface area contributed by atoms with Crippen LogP contribution in [0.25, 0.3) is 55.0 Å². The van der Waals surface area contributed by atoms with Crippen LogP contribution in [0, 0.1) is 6.92 Å². The van der Waals surface area contributed by atoms with Crippen molar-refractivity contribution in [2.45, 2.75) is 85.5 Å². The van der Waals surface area contributed by atoms with Crippen molar-refractivity contribution in [1.29, 1.82) is 0 Å². The molecule has 0 aliphatic carbocycles. The zero-order valence-corrected chi connectivity index (χ0v) is 36.0. The molecule has 0 amide bonds. The highest BCUT2D eigenvalue weighted by molar-refractivity contribution is 6.98. The van der Waals surface area contributed by atoms with E-state index in [0.717, 1.165) is 57.2 Å². The highest BCUT2D eigenvalue weighted by Crippen LogP contribution is 2.41. The summed E-state index contributed by atoms with van der Waals surface area (Å²) in [7, 11) is 0. The summed E-state index contributed by atoms with van der Waals surface area (Å²) in [6.45, 7) is 18.2. The molecule has 4 nitrogen and oxygen atoms in total.